The molecule has 1 fully saturated rings. The van der Waals surface area contributed by atoms with Gasteiger partial charge < -0.3 is 19.1 Å². The predicted molar refractivity (Wildman–Crippen MR) is 142 cm³/mol. The molecule has 1 N–H and O–H groups in total. The minimum Gasteiger partial charge on any atom is -0.496 e. The van der Waals surface area contributed by atoms with Crippen LogP contribution in [-0.2, 0) is 13.1 Å². The molecule has 4 aromatic rings. The van der Waals surface area contributed by atoms with Crippen LogP contribution in [0.4, 0.5) is 0 Å². The van der Waals surface area contributed by atoms with Crippen molar-refractivity contribution in [1.82, 2.24) is 14.5 Å². The van der Waals surface area contributed by atoms with Gasteiger partial charge in [0.1, 0.15) is 22.7 Å². The minimum absolute atomic E-state index is 0.149. The Morgan fingerprint density at radius 3 is 2.61 bits per heavy atom. The van der Waals surface area contributed by atoms with E-state index in [1.54, 1.807) is 24.5 Å². The molecule has 188 valence electrons. The van der Waals surface area contributed by atoms with Gasteiger partial charge in [0.25, 0.3) is 0 Å². The van der Waals surface area contributed by atoms with Gasteiger partial charge in [-0.2, -0.15) is 0 Å². The molecule has 7 nitrogen and oxygen atoms in total. The van der Waals surface area contributed by atoms with Crippen molar-refractivity contribution in [3.05, 3.63) is 74.7 Å². The highest BCUT2D eigenvalue weighted by atomic mass is 35.5. The number of fused-ring (bicyclic) bond motifs is 1. The van der Waals surface area contributed by atoms with Crippen molar-refractivity contribution in [1.29, 1.82) is 0 Å². The van der Waals surface area contributed by atoms with Gasteiger partial charge in [-0.3, -0.25) is 4.90 Å². The minimum atomic E-state index is -1.01. The second-order valence-corrected chi connectivity index (χ2v) is 10.8. The van der Waals surface area contributed by atoms with Gasteiger partial charge in [0.15, 0.2) is 0 Å². The van der Waals surface area contributed by atoms with E-state index in [1.807, 2.05) is 18.3 Å². The maximum atomic E-state index is 11.7. The van der Waals surface area contributed by atoms with Crippen LogP contribution in [-0.4, -0.2) is 52.8 Å². The summed E-state index contributed by atoms with van der Waals surface area (Å²) in [6.45, 7) is 3.11. The van der Waals surface area contributed by atoms with Crippen LogP contribution in [0.25, 0.3) is 11.0 Å². The number of nitrogens with zero attached hydrogens (tertiary/aromatic N) is 3. The number of pyridine rings is 1. The Balaban J connectivity index is 1.35. The summed E-state index contributed by atoms with van der Waals surface area (Å²) in [6, 6.07) is 11.4. The zero-order chi connectivity index (χ0) is 25.2. The maximum Gasteiger partial charge on any atom is 0.339 e. The van der Waals surface area contributed by atoms with E-state index in [0.29, 0.717) is 24.0 Å². The number of carboxylic acids is 1. The van der Waals surface area contributed by atoms with Crippen molar-refractivity contribution in [2.75, 3.05) is 27.3 Å². The van der Waals surface area contributed by atoms with E-state index in [2.05, 4.69) is 32.8 Å². The molecule has 1 saturated heterocycles. The van der Waals surface area contributed by atoms with Crippen LogP contribution in [0.2, 0.25) is 4.34 Å². The standard InChI is InChI=1S/C27H28ClN3O4S/c1-34-23-7-6-20(27(32)33)25(35-2)22(23)15-30-12-9-17(10-13-30)21-16-31(14-18-5-8-24(28)36-18)26-19(21)4-3-11-29-26/h3-8,11,16-17H,9-10,12-15H2,1-2H3,(H,32,33). The molecule has 0 radical (unpaired) electrons. The Morgan fingerprint density at radius 1 is 1.14 bits per heavy atom. The SMILES string of the molecule is COc1ccc(C(=O)O)c(OC)c1CN1CCC(c2cn(Cc3ccc(Cl)s3)c3ncccc23)CC1. The zero-order valence-corrected chi connectivity index (χ0v) is 21.8. The fourth-order valence-electron chi connectivity index (χ4n) is 5.18. The molecular weight excluding hydrogens is 498 g/mol. The third-order valence-corrected chi connectivity index (χ3v) is 8.12. The van der Waals surface area contributed by atoms with Crippen LogP contribution in [0.1, 0.15) is 45.1 Å². The molecule has 0 aliphatic carbocycles. The maximum absolute atomic E-state index is 11.7. The molecule has 4 heterocycles. The first-order valence-electron chi connectivity index (χ1n) is 11.9. The Labute approximate surface area is 218 Å². The quantitative estimate of drug-likeness (QED) is 0.309. The van der Waals surface area contributed by atoms with Crippen molar-refractivity contribution in [2.45, 2.75) is 31.8 Å². The molecule has 1 aliphatic heterocycles. The summed E-state index contributed by atoms with van der Waals surface area (Å²) in [5.41, 5.74) is 3.26. The molecule has 0 unspecified atom stereocenters. The summed E-state index contributed by atoms with van der Waals surface area (Å²) in [7, 11) is 3.10. The van der Waals surface area contributed by atoms with Crippen LogP contribution < -0.4 is 9.47 Å². The molecule has 0 saturated carbocycles. The van der Waals surface area contributed by atoms with Gasteiger partial charge in [-0.25, -0.2) is 9.78 Å². The van der Waals surface area contributed by atoms with Gasteiger partial charge >= 0.3 is 5.97 Å². The number of aromatic nitrogens is 2. The van der Waals surface area contributed by atoms with Gasteiger partial charge in [-0.15, -0.1) is 11.3 Å². The molecule has 36 heavy (non-hydrogen) atoms. The van der Waals surface area contributed by atoms with Crippen molar-refractivity contribution in [2.24, 2.45) is 0 Å². The number of methoxy groups -OCH3 is 2. The van der Waals surface area contributed by atoms with Crippen LogP contribution in [0.5, 0.6) is 11.5 Å². The summed E-state index contributed by atoms with van der Waals surface area (Å²) >= 11 is 7.75. The number of thiophene rings is 1. The molecule has 1 aromatic carbocycles. The van der Waals surface area contributed by atoms with E-state index in [1.165, 1.54) is 29.0 Å². The van der Waals surface area contributed by atoms with E-state index in [0.717, 1.165) is 48.0 Å². The van der Waals surface area contributed by atoms with E-state index < -0.39 is 5.97 Å². The summed E-state index contributed by atoms with van der Waals surface area (Å²) in [6.07, 6.45) is 6.11. The monoisotopic (exact) mass is 525 g/mol. The molecule has 5 rings (SSSR count). The summed E-state index contributed by atoms with van der Waals surface area (Å²) in [5.74, 6) is 0.424. The summed E-state index contributed by atoms with van der Waals surface area (Å²) in [5, 5.41) is 10.8. The van der Waals surface area contributed by atoms with Crippen LogP contribution in [0.3, 0.4) is 0 Å². The average Bonchev–Trinajstić information content (AvgIpc) is 3.47. The average molecular weight is 526 g/mol. The first-order chi connectivity index (χ1) is 17.5. The summed E-state index contributed by atoms with van der Waals surface area (Å²) < 4.78 is 14.1. The second-order valence-electron chi connectivity index (χ2n) is 8.98. The van der Waals surface area contributed by atoms with Crippen molar-refractivity contribution in [3.8, 4) is 11.5 Å². The third-order valence-electron chi connectivity index (χ3n) is 6.90. The molecule has 1 aliphatic rings. The molecule has 3 aromatic heterocycles. The first kappa shape index (κ1) is 24.6. The number of carboxylic acid groups (broad SMARTS) is 1. The number of halogens is 1. The van der Waals surface area contributed by atoms with Gasteiger partial charge in [0, 0.05) is 29.2 Å². The highest BCUT2D eigenvalue weighted by Gasteiger charge is 2.27. The van der Waals surface area contributed by atoms with E-state index in [9.17, 15) is 9.90 Å². The Hall–Kier alpha value is -3.07. The van der Waals surface area contributed by atoms with Crippen molar-refractivity contribution >= 4 is 39.9 Å². The van der Waals surface area contributed by atoms with Crippen LogP contribution in [0.15, 0.2) is 48.8 Å². The normalized spacial score (nSPS) is 14.9. The molecule has 0 spiro atoms. The second kappa shape index (κ2) is 10.5. The van der Waals surface area contributed by atoms with Crippen molar-refractivity contribution < 1.29 is 19.4 Å². The van der Waals surface area contributed by atoms with Gasteiger partial charge in [0.05, 0.1) is 30.7 Å². The predicted octanol–water partition coefficient (Wildman–Crippen LogP) is 5.89. The number of piperidine rings is 1. The Morgan fingerprint density at radius 2 is 1.94 bits per heavy atom. The van der Waals surface area contributed by atoms with Crippen LogP contribution >= 0.6 is 22.9 Å². The number of ether oxygens (including phenoxy) is 2. The number of carbonyl (C=O) groups is 1. The fourth-order valence-corrected chi connectivity index (χ4v) is 6.26. The van der Waals surface area contributed by atoms with E-state index in [4.69, 9.17) is 21.1 Å². The van der Waals surface area contributed by atoms with E-state index in [-0.39, 0.29) is 5.56 Å². The van der Waals surface area contributed by atoms with Crippen LogP contribution in [0, 0.1) is 0 Å². The fraction of sp³-hybridized carbons (Fsp3) is 0.333. The zero-order valence-electron chi connectivity index (χ0n) is 20.2. The van der Waals surface area contributed by atoms with E-state index >= 15 is 0 Å². The largest absolute Gasteiger partial charge is 0.496 e. The molecule has 0 atom stereocenters. The topological polar surface area (TPSA) is 76.8 Å². The lowest BCUT2D eigenvalue weighted by molar-refractivity contribution is 0.0692. The van der Waals surface area contributed by atoms with Crippen molar-refractivity contribution in [3.63, 3.8) is 0 Å². The van der Waals surface area contributed by atoms with Gasteiger partial charge in [-0.05, 0) is 73.8 Å². The third kappa shape index (κ3) is 4.81. The Kier molecular flexibility index (Phi) is 7.18. The smallest absolute Gasteiger partial charge is 0.339 e. The van der Waals surface area contributed by atoms with Gasteiger partial charge in [-0.1, -0.05) is 11.6 Å². The highest BCUT2D eigenvalue weighted by molar-refractivity contribution is 7.16. The lowest BCUT2D eigenvalue weighted by Crippen LogP contribution is -2.32. The number of rotatable bonds is 8. The highest BCUT2D eigenvalue weighted by Crippen LogP contribution is 2.38. The number of likely N-dealkylation sites (tertiary alicyclic amines) is 1. The number of aromatic carboxylic acids is 1. The first-order valence-corrected chi connectivity index (χ1v) is 13.1. The molecule has 0 bridgehead atoms. The Bertz CT molecular complexity index is 1390. The van der Waals surface area contributed by atoms with Gasteiger partial charge in [0.2, 0.25) is 0 Å². The molecule has 9 heteroatoms. The lowest BCUT2D eigenvalue weighted by Gasteiger charge is -2.32. The number of hydrogen-bond acceptors (Lipinski definition) is 6. The summed E-state index contributed by atoms with van der Waals surface area (Å²) in [4.78, 5) is 19.9. The number of benzene rings is 1. The molecular formula is C27H28ClN3O4S. The lowest BCUT2D eigenvalue weighted by atomic mass is 9.89. The molecule has 0 amide bonds. The number of hydrogen-bond donors (Lipinski definition) is 1.